The molecule has 2 aromatic carbocycles. The maximum absolute atomic E-state index is 13.3. The van der Waals surface area contributed by atoms with Gasteiger partial charge in [0.05, 0.1) is 23.1 Å². The van der Waals surface area contributed by atoms with E-state index in [0.717, 1.165) is 13.5 Å². The summed E-state index contributed by atoms with van der Waals surface area (Å²) < 4.78 is 19.8. The molecule has 1 aliphatic rings. The first-order valence-electron chi connectivity index (χ1n) is 8.89. The number of nitrogens with one attached hydrogen (secondary N) is 1. The Morgan fingerprint density at radius 3 is 2.62 bits per heavy atom. The number of fused-ring (bicyclic) bond motifs is 3. The van der Waals surface area contributed by atoms with Gasteiger partial charge in [-0.25, -0.2) is 9.18 Å². The van der Waals surface area contributed by atoms with Gasteiger partial charge in [-0.15, -0.1) is 0 Å². The number of methoxy groups -OCH3 is 1. The summed E-state index contributed by atoms with van der Waals surface area (Å²) in [5.41, 5.74) is 0.396. The summed E-state index contributed by atoms with van der Waals surface area (Å²) in [6.07, 6.45) is 0.771. The maximum Gasteiger partial charge on any atom is 0.344 e. The molecule has 148 valence electrons. The van der Waals surface area contributed by atoms with E-state index in [1.807, 2.05) is 0 Å². The van der Waals surface area contributed by atoms with E-state index in [9.17, 15) is 24.1 Å². The highest BCUT2D eigenvalue weighted by Gasteiger charge is 2.30. The van der Waals surface area contributed by atoms with Crippen molar-refractivity contribution < 1.29 is 23.6 Å². The molecule has 1 N–H and O–H groups in total. The molecule has 0 fully saturated rings. The molecule has 3 aromatic rings. The minimum atomic E-state index is -0.865. The van der Waals surface area contributed by atoms with Gasteiger partial charge in [0, 0.05) is 30.1 Å². The summed E-state index contributed by atoms with van der Waals surface area (Å²) in [5.74, 6) is -1.18. The summed E-state index contributed by atoms with van der Waals surface area (Å²) in [4.78, 5) is 36.3. The average Bonchev–Trinajstić information content (AvgIpc) is 3.05. The van der Waals surface area contributed by atoms with Gasteiger partial charge in [-0.3, -0.25) is 14.9 Å². The fourth-order valence-electron chi connectivity index (χ4n) is 3.64. The zero-order valence-corrected chi connectivity index (χ0v) is 15.4. The number of nitro groups is 1. The number of aromatic nitrogens is 1. The van der Waals surface area contributed by atoms with Crippen molar-refractivity contribution in [3.05, 3.63) is 69.0 Å². The number of carbonyl (C=O) groups excluding carboxylic acids is 2. The van der Waals surface area contributed by atoms with Crippen molar-refractivity contribution >= 4 is 34.2 Å². The van der Waals surface area contributed by atoms with Crippen LogP contribution in [-0.2, 0) is 11.3 Å². The normalized spacial score (nSPS) is 12.9. The number of nitro benzene ring substituents is 1. The zero-order valence-electron chi connectivity index (χ0n) is 15.4. The summed E-state index contributed by atoms with van der Waals surface area (Å²) in [5, 5.41) is 15.1. The van der Waals surface area contributed by atoms with E-state index in [1.165, 1.54) is 36.4 Å². The first-order chi connectivity index (χ1) is 13.9. The van der Waals surface area contributed by atoms with Gasteiger partial charge in [-0.05, 0) is 36.8 Å². The van der Waals surface area contributed by atoms with Crippen LogP contribution < -0.4 is 5.32 Å². The number of ether oxygens (including phenoxy) is 1. The van der Waals surface area contributed by atoms with E-state index in [1.54, 1.807) is 4.57 Å². The lowest BCUT2D eigenvalue weighted by Gasteiger charge is -2.19. The van der Waals surface area contributed by atoms with E-state index in [4.69, 9.17) is 0 Å². The Bertz CT molecular complexity index is 1170. The lowest BCUT2D eigenvalue weighted by atomic mass is 9.99. The number of nitrogens with zero attached hydrogens (tertiary/aromatic N) is 2. The van der Waals surface area contributed by atoms with Gasteiger partial charge >= 0.3 is 5.97 Å². The smallest absolute Gasteiger partial charge is 0.344 e. The molecular formula is C20H16FN3O5. The van der Waals surface area contributed by atoms with Gasteiger partial charge in [0.2, 0.25) is 0 Å². The molecule has 0 saturated carbocycles. The predicted molar refractivity (Wildman–Crippen MR) is 103 cm³/mol. The summed E-state index contributed by atoms with van der Waals surface area (Å²) in [6.45, 7) is 1.19. The molecule has 0 atom stereocenters. The molecule has 0 bridgehead atoms. The standard InChI is InChI=1S/C20H16FN3O5/c1-29-20(26)14-9-13-15(10-16(14)24(27)28)23-8-2-7-22-19(23)17(13)18(25)11-3-5-12(21)6-4-11/h3-6,9-10,22H,2,7-8H2,1H3. The Labute approximate surface area is 164 Å². The van der Waals surface area contributed by atoms with Gasteiger partial charge in [-0.2, -0.15) is 0 Å². The lowest BCUT2D eigenvalue weighted by molar-refractivity contribution is -0.385. The quantitative estimate of drug-likeness (QED) is 0.313. The Balaban J connectivity index is 2.02. The van der Waals surface area contributed by atoms with Crippen molar-refractivity contribution in [1.82, 2.24) is 4.57 Å². The third-order valence-electron chi connectivity index (χ3n) is 4.97. The van der Waals surface area contributed by atoms with E-state index < -0.39 is 22.4 Å². The van der Waals surface area contributed by atoms with Crippen molar-refractivity contribution in [3.63, 3.8) is 0 Å². The highest BCUT2D eigenvalue weighted by molar-refractivity contribution is 6.21. The van der Waals surface area contributed by atoms with Crippen LogP contribution in [0.25, 0.3) is 10.9 Å². The fourth-order valence-corrected chi connectivity index (χ4v) is 3.64. The highest BCUT2D eigenvalue weighted by Crippen LogP contribution is 2.38. The van der Waals surface area contributed by atoms with Crippen LogP contribution in [0.15, 0.2) is 36.4 Å². The second kappa shape index (κ2) is 7.01. The van der Waals surface area contributed by atoms with E-state index in [2.05, 4.69) is 10.1 Å². The Kier molecular flexibility index (Phi) is 4.50. The summed E-state index contributed by atoms with van der Waals surface area (Å²) in [7, 11) is 1.13. The third-order valence-corrected chi connectivity index (χ3v) is 4.97. The van der Waals surface area contributed by atoms with Gasteiger partial charge < -0.3 is 14.6 Å². The molecule has 0 aliphatic carbocycles. The second-order valence-corrected chi connectivity index (χ2v) is 6.63. The second-order valence-electron chi connectivity index (χ2n) is 6.63. The van der Waals surface area contributed by atoms with Crippen molar-refractivity contribution in [1.29, 1.82) is 0 Å². The number of halogens is 1. The van der Waals surface area contributed by atoms with Crippen LogP contribution in [0.2, 0.25) is 0 Å². The molecule has 0 unspecified atom stereocenters. The van der Waals surface area contributed by atoms with Gasteiger partial charge in [0.15, 0.2) is 5.78 Å². The zero-order chi connectivity index (χ0) is 20.7. The SMILES string of the molecule is COC(=O)c1cc2c(C(=O)c3ccc(F)cc3)c3n(c2cc1[N+](=O)[O-])CCCN3. The van der Waals surface area contributed by atoms with Crippen LogP contribution in [-0.4, -0.2) is 34.9 Å². The Morgan fingerprint density at radius 1 is 1.24 bits per heavy atom. The van der Waals surface area contributed by atoms with Gasteiger partial charge in [0.1, 0.15) is 17.2 Å². The van der Waals surface area contributed by atoms with Crippen molar-refractivity contribution in [2.24, 2.45) is 0 Å². The first-order valence-corrected chi connectivity index (χ1v) is 8.89. The van der Waals surface area contributed by atoms with Crippen LogP contribution in [0.5, 0.6) is 0 Å². The number of esters is 1. The number of hydrogen-bond donors (Lipinski definition) is 1. The van der Waals surface area contributed by atoms with E-state index >= 15 is 0 Å². The van der Waals surface area contributed by atoms with E-state index in [-0.39, 0.29) is 22.5 Å². The summed E-state index contributed by atoms with van der Waals surface area (Å²) >= 11 is 0. The topological polar surface area (TPSA) is 103 Å². The minimum Gasteiger partial charge on any atom is -0.465 e. The third kappa shape index (κ3) is 3.00. The van der Waals surface area contributed by atoms with Crippen molar-refractivity contribution in [2.45, 2.75) is 13.0 Å². The van der Waals surface area contributed by atoms with Crippen molar-refractivity contribution in [3.8, 4) is 0 Å². The molecule has 0 saturated heterocycles. The summed E-state index contributed by atoms with van der Waals surface area (Å²) in [6, 6.07) is 7.75. The molecule has 1 aromatic heterocycles. The number of benzene rings is 2. The number of carbonyl (C=O) groups is 2. The molecule has 0 spiro atoms. The average molecular weight is 397 g/mol. The molecule has 8 nitrogen and oxygen atoms in total. The number of anilines is 1. The van der Waals surface area contributed by atoms with Gasteiger partial charge in [0.25, 0.3) is 5.69 Å². The molecule has 0 radical (unpaired) electrons. The van der Waals surface area contributed by atoms with Crippen LogP contribution in [0, 0.1) is 15.9 Å². The Morgan fingerprint density at radius 2 is 1.97 bits per heavy atom. The maximum atomic E-state index is 13.3. The number of ketones is 1. The molecular weight excluding hydrogens is 381 g/mol. The van der Waals surface area contributed by atoms with Gasteiger partial charge in [-0.1, -0.05) is 0 Å². The van der Waals surface area contributed by atoms with Crippen LogP contribution in [0.4, 0.5) is 15.9 Å². The molecule has 9 heteroatoms. The van der Waals surface area contributed by atoms with Crippen LogP contribution >= 0.6 is 0 Å². The molecule has 2 heterocycles. The largest absolute Gasteiger partial charge is 0.465 e. The minimum absolute atomic E-state index is 0.235. The number of rotatable bonds is 4. The molecule has 0 amide bonds. The fraction of sp³-hybridized carbons (Fsp3) is 0.200. The van der Waals surface area contributed by atoms with Crippen molar-refractivity contribution in [2.75, 3.05) is 19.0 Å². The van der Waals surface area contributed by atoms with Crippen LogP contribution in [0.3, 0.4) is 0 Å². The molecule has 4 rings (SSSR count). The van der Waals surface area contributed by atoms with Crippen LogP contribution in [0.1, 0.15) is 32.7 Å². The highest BCUT2D eigenvalue weighted by atomic mass is 19.1. The monoisotopic (exact) mass is 397 g/mol. The Hall–Kier alpha value is -3.75. The molecule has 29 heavy (non-hydrogen) atoms. The lowest BCUT2D eigenvalue weighted by Crippen LogP contribution is -2.18. The van der Waals surface area contributed by atoms with E-state index in [0.29, 0.717) is 29.8 Å². The first kappa shape index (κ1) is 18.6. The number of aryl methyl sites for hydroxylation is 1. The molecule has 1 aliphatic heterocycles. The predicted octanol–water partition coefficient (Wildman–Crippen LogP) is 3.52. The number of hydrogen-bond acceptors (Lipinski definition) is 6.